The smallest absolute Gasteiger partial charge is 0.315 e. The molecule has 2 amide bonds. The molecule has 0 unspecified atom stereocenters. The molecule has 0 bridgehead atoms. The van der Waals surface area contributed by atoms with Crippen molar-refractivity contribution in [1.29, 1.82) is 0 Å². The van der Waals surface area contributed by atoms with Crippen LogP contribution >= 0.6 is 0 Å². The number of carboxylic acid groups (broad SMARTS) is 1. The van der Waals surface area contributed by atoms with Crippen molar-refractivity contribution in [2.24, 2.45) is 11.8 Å². The summed E-state index contributed by atoms with van der Waals surface area (Å²) in [5, 5.41) is 14.5. The minimum atomic E-state index is -0.727. The number of ether oxygens (including phenoxy) is 1. The molecule has 0 aromatic carbocycles. The quantitative estimate of drug-likeness (QED) is 0.620. The molecule has 1 fully saturated rings. The molecule has 1 saturated carbocycles. The van der Waals surface area contributed by atoms with Gasteiger partial charge in [0.25, 0.3) is 0 Å². The van der Waals surface area contributed by atoms with E-state index in [9.17, 15) is 9.59 Å². The number of hydrogen-bond acceptors (Lipinski definition) is 3. The van der Waals surface area contributed by atoms with Gasteiger partial charge in [0.1, 0.15) is 0 Å². The highest BCUT2D eigenvalue weighted by Crippen LogP contribution is 2.24. The van der Waals surface area contributed by atoms with Crippen LogP contribution in [-0.2, 0) is 9.53 Å². The maximum atomic E-state index is 11.6. The summed E-state index contributed by atoms with van der Waals surface area (Å²) < 4.78 is 5.37. The molecule has 1 aliphatic rings. The monoisotopic (exact) mass is 286 g/mol. The highest BCUT2D eigenvalue weighted by Gasteiger charge is 2.26. The SMILES string of the molecule is CC(C)COCCNC(=O)NC1CCC(C(=O)O)CC1. The Balaban J connectivity index is 2.07. The first-order valence-corrected chi connectivity index (χ1v) is 7.34. The Labute approximate surface area is 120 Å². The molecule has 0 atom stereocenters. The van der Waals surface area contributed by atoms with Crippen LogP contribution in [-0.4, -0.2) is 42.9 Å². The van der Waals surface area contributed by atoms with E-state index in [-0.39, 0.29) is 18.0 Å². The minimum absolute atomic E-state index is 0.0854. The van der Waals surface area contributed by atoms with E-state index in [1.54, 1.807) is 0 Å². The fraction of sp³-hybridized carbons (Fsp3) is 0.857. The summed E-state index contributed by atoms with van der Waals surface area (Å²) in [7, 11) is 0. The van der Waals surface area contributed by atoms with Crippen LogP contribution in [0.2, 0.25) is 0 Å². The second kappa shape index (κ2) is 8.79. The fourth-order valence-electron chi connectivity index (χ4n) is 2.28. The van der Waals surface area contributed by atoms with Crippen LogP contribution in [0.15, 0.2) is 0 Å². The van der Waals surface area contributed by atoms with Crippen LogP contribution in [0.4, 0.5) is 4.79 Å². The molecule has 0 saturated heterocycles. The van der Waals surface area contributed by atoms with Crippen LogP contribution in [0.25, 0.3) is 0 Å². The molecule has 6 heteroatoms. The summed E-state index contributed by atoms with van der Waals surface area (Å²) in [6, 6.07) is -0.112. The summed E-state index contributed by atoms with van der Waals surface area (Å²) in [6.45, 7) is 5.85. The highest BCUT2D eigenvalue weighted by molar-refractivity contribution is 5.74. The molecule has 0 aromatic heterocycles. The van der Waals surface area contributed by atoms with Gasteiger partial charge in [-0.15, -0.1) is 0 Å². The van der Waals surface area contributed by atoms with Gasteiger partial charge in [-0.1, -0.05) is 13.8 Å². The molecule has 0 aliphatic heterocycles. The predicted octanol–water partition coefficient (Wildman–Crippen LogP) is 1.60. The van der Waals surface area contributed by atoms with E-state index in [2.05, 4.69) is 24.5 Å². The van der Waals surface area contributed by atoms with Gasteiger partial charge in [0, 0.05) is 19.2 Å². The number of nitrogens with one attached hydrogen (secondary N) is 2. The van der Waals surface area contributed by atoms with Crippen molar-refractivity contribution in [2.75, 3.05) is 19.8 Å². The minimum Gasteiger partial charge on any atom is -0.481 e. The van der Waals surface area contributed by atoms with Crippen molar-refractivity contribution in [3.63, 3.8) is 0 Å². The van der Waals surface area contributed by atoms with E-state index < -0.39 is 5.97 Å². The Kier molecular flexibility index (Phi) is 7.36. The first-order chi connectivity index (χ1) is 9.49. The van der Waals surface area contributed by atoms with E-state index in [4.69, 9.17) is 9.84 Å². The Morgan fingerprint density at radius 3 is 2.45 bits per heavy atom. The van der Waals surface area contributed by atoms with Crippen LogP contribution in [0.1, 0.15) is 39.5 Å². The zero-order valence-corrected chi connectivity index (χ0v) is 12.4. The van der Waals surface area contributed by atoms with Gasteiger partial charge in [-0.05, 0) is 31.6 Å². The zero-order chi connectivity index (χ0) is 15.0. The number of carbonyl (C=O) groups excluding carboxylic acids is 1. The third kappa shape index (κ3) is 6.75. The first-order valence-electron chi connectivity index (χ1n) is 7.34. The molecule has 0 heterocycles. The van der Waals surface area contributed by atoms with E-state index in [0.29, 0.717) is 38.5 Å². The molecule has 3 N–H and O–H groups in total. The first kappa shape index (κ1) is 16.8. The number of carboxylic acids is 1. The van der Waals surface area contributed by atoms with E-state index in [0.717, 1.165) is 12.8 Å². The molecule has 116 valence electrons. The molecule has 0 radical (unpaired) electrons. The summed E-state index contributed by atoms with van der Waals surface area (Å²) in [5.74, 6) is -0.482. The number of aliphatic carboxylic acids is 1. The Hall–Kier alpha value is -1.30. The largest absolute Gasteiger partial charge is 0.481 e. The van der Waals surface area contributed by atoms with Crippen molar-refractivity contribution in [1.82, 2.24) is 10.6 Å². The van der Waals surface area contributed by atoms with E-state index in [1.165, 1.54) is 0 Å². The van der Waals surface area contributed by atoms with Gasteiger partial charge in [0.15, 0.2) is 0 Å². The van der Waals surface area contributed by atoms with E-state index in [1.807, 2.05) is 0 Å². The maximum absolute atomic E-state index is 11.6. The summed E-state index contributed by atoms with van der Waals surface area (Å²) in [4.78, 5) is 22.4. The molecular formula is C14H26N2O4. The number of amides is 2. The van der Waals surface area contributed by atoms with Crippen molar-refractivity contribution in [2.45, 2.75) is 45.6 Å². The lowest BCUT2D eigenvalue weighted by molar-refractivity contribution is -0.142. The third-order valence-corrected chi connectivity index (χ3v) is 3.39. The van der Waals surface area contributed by atoms with Crippen molar-refractivity contribution in [3.8, 4) is 0 Å². The topological polar surface area (TPSA) is 87.7 Å². The number of urea groups is 1. The zero-order valence-electron chi connectivity index (χ0n) is 12.4. The van der Waals surface area contributed by atoms with Crippen LogP contribution in [0.3, 0.4) is 0 Å². The third-order valence-electron chi connectivity index (χ3n) is 3.39. The average Bonchev–Trinajstić information content (AvgIpc) is 2.38. The lowest BCUT2D eigenvalue weighted by Crippen LogP contribution is -2.45. The van der Waals surface area contributed by atoms with Gasteiger partial charge in [0.05, 0.1) is 12.5 Å². The van der Waals surface area contributed by atoms with Crippen molar-refractivity contribution in [3.05, 3.63) is 0 Å². The number of carbonyl (C=O) groups is 2. The van der Waals surface area contributed by atoms with Gasteiger partial charge in [-0.2, -0.15) is 0 Å². The summed E-state index contributed by atoms with van der Waals surface area (Å²) >= 11 is 0. The fourth-order valence-corrected chi connectivity index (χ4v) is 2.28. The number of rotatable bonds is 7. The average molecular weight is 286 g/mol. The van der Waals surface area contributed by atoms with Gasteiger partial charge >= 0.3 is 12.0 Å². The molecule has 0 spiro atoms. The lowest BCUT2D eigenvalue weighted by Gasteiger charge is -2.26. The highest BCUT2D eigenvalue weighted by atomic mass is 16.5. The summed E-state index contributed by atoms with van der Waals surface area (Å²) in [6.07, 6.45) is 2.73. The van der Waals surface area contributed by atoms with Gasteiger partial charge in [-0.3, -0.25) is 4.79 Å². The molecule has 0 aromatic rings. The van der Waals surface area contributed by atoms with Gasteiger partial charge in [0.2, 0.25) is 0 Å². The van der Waals surface area contributed by atoms with Crippen molar-refractivity contribution < 1.29 is 19.4 Å². The standard InChI is InChI=1S/C14H26N2O4/c1-10(2)9-20-8-7-15-14(19)16-12-5-3-11(4-6-12)13(17)18/h10-12H,3-9H2,1-2H3,(H,17,18)(H2,15,16,19). The van der Waals surface area contributed by atoms with E-state index >= 15 is 0 Å². The van der Waals surface area contributed by atoms with Gasteiger partial charge in [-0.25, -0.2) is 4.79 Å². The summed E-state index contributed by atoms with van der Waals surface area (Å²) in [5.41, 5.74) is 0. The van der Waals surface area contributed by atoms with Crippen LogP contribution in [0.5, 0.6) is 0 Å². The molecular weight excluding hydrogens is 260 g/mol. The molecule has 20 heavy (non-hydrogen) atoms. The van der Waals surface area contributed by atoms with Crippen LogP contribution in [0, 0.1) is 11.8 Å². The lowest BCUT2D eigenvalue weighted by atomic mass is 9.86. The maximum Gasteiger partial charge on any atom is 0.315 e. The Bertz CT molecular complexity index is 312. The predicted molar refractivity (Wildman–Crippen MR) is 75.6 cm³/mol. The Morgan fingerprint density at radius 1 is 1.25 bits per heavy atom. The van der Waals surface area contributed by atoms with Crippen LogP contribution < -0.4 is 10.6 Å². The Morgan fingerprint density at radius 2 is 1.90 bits per heavy atom. The van der Waals surface area contributed by atoms with Crippen molar-refractivity contribution >= 4 is 12.0 Å². The molecule has 6 nitrogen and oxygen atoms in total. The second-order valence-electron chi connectivity index (χ2n) is 5.76. The molecule has 1 rings (SSSR count). The number of hydrogen-bond donors (Lipinski definition) is 3. The molecule has 1 aliphatic carbocycles. The normalized spacial score (nSPS) is 22.6. The van der Waals surface area contributed by atoms with Gasteiger partial charge < -0.3 is 20.5 Å². The second-order valence-corrected chi connectivity index (χ2v) is 5.76.